The van der Waals surface area contributed by atoms with E-state index in [1.54, 1.807) is 31.4 Å². The Bertz CT molecular complexity index is 1050. The molecule has 1 N–H and O–H groups in total. The van der Waals surface area contributed by atoms with Gasteiger partial charge in [0.2, 0.25) is 6.79 Å². The van der Waals surface area contributed by atoms with Crippen molar-refractivity contribution in [3.8, 4) is 17.2 Å². The lowest BCUT2D eigenvalue weighted by Crippen LogP contribution is -2.42. The van der Waals surface area contributed by atoms with Gasteiger partial charge in [0.25, 0.3) is 11.8 Å². The van der Waals surface area contributed by atoms with Crippen LogP contribution in [0.25, 0.3) is 5.57 Å². The first kappa shape index (κ1) is 19.5. The number of amides is 2. The van der Waals surface area contributed by atoms with Crippen LogP contribution >= 0.6 is 0 Å². The van der Waals surface area contributed by atoms with Gasteiger partial charge in [-0.15, -0.1) is 0 Å². The topological polar surface area (TPSA) is 77.1 Å². The van der Waals surface area contributed by atoms with E-state index in [-0.39, 0.29) is 24.6 Å². The van der Waals surface area contributed by atoms with Crippen molar-refractivity contribution in [1.29, 1.82) is 0 Å². The first-order valence-electron chi connectivity index (χ1n) is 10.6. The summed E-state index contributed by atoms with van der Waals surface area (Å²) in [4.78, 5) is 28.4. The second kappa shape index (κ2) is 7.98. The lowest BCUT2D eigenvalue weighted by Gasteiger charge is -2.29. The Kier molecular flexibility index (Phi) is 5.02. The van der Waals surface area contributed by atoms with Crippen molar-refractivity contribution in [3.05, 3.63) is 53.7 Å². The molecule has 1 saturated carbocycles. The van der Waals surface area contributed by atoms with E-state index in [0.29, 0.717) is 39.8 Å². The summed E-state index contributed by atoms with van der Waals surface area (Å²) in [5, 5.41) is 3.20. The fourth-order valence-corrected chi connectivity index (χ4v) is 4.48. The zero-order valence-electron chi connectivity index (χ0n) is 17.3. The number of imide groups is 1. The molecule has 2 aliphatic heterocycles. The van der Waals surface area contributed by atoms with Crippen molar-refractivity contribution in [2.45, 2.75) is 38.1 Å². The number of hydrogen-bond donors (Lipinski definition) is 1. The molecule has 0 bridgehead atoms. The number of ether oxygens (including phenoxy) is 3. The molecule has 7 nitrogen and oxygen atoms in total. The highest BCUT2D eigenvalue weighted by Gasteiger charge is 2.43. The van der Waals surface area contributed by atoms with Crippen molar-refractivity contribution in [3.63, 3.8) is 0 Å². The van der Waals surface area contributed by atoms with Crippen molar-refractivity contribution >= 4 is 23.1 Å². The van der Waals surface area contributed by atoms with Crippen LogP contribution in [0.15, 0.2) is 48.2 Å². The van der Waals surface area contributed by atoms with Crippen LogP contribution in [-0.2, 0) is 9.59 Å². The Morgan fingerprint density at radius 2 is 1.68 bits per heavy atom. The molecule has 2 heterocycles. The molecule has 160 valence electrons. The van der Waals surface area contributed by atoms with Gasteiger partial charge in [-0.25, -0.2) is 0 Å². The van der Waals surface area contributed by atoms with Gasteiger partial charge in [0.05, 0.1) is 12.7 Å². The Balaban J connectivity index is 1.53. The van der Waals surface area contributed by atoms with Gasteiger partial charge in [0.1, 0.15) is 11.4 Å². The van der Waals surface area contributed by atoms with Gasteiger partial charge in [0, 0.05) is 17.8 Å². The van der Waals surface area contributed by atoms with E-state index in [1.807, 2.05) is 18.2 Å². The number of anilines is 1. The summed E-state index contributed by atoms with van der Waals surface area (Å²) < 4.78 is 16.1. The predicted octanol–water partition coefficient (Wildman–Crippen LogP) is 3.95. The fraction of sp³-hybridized carbons (Fsp3) is 0.333. The third-order valence-corrected chi connectivity index (χ3v) is 6.08. The smallest absolute Gasteiger partial charge is 0.278 e. The molecule has 5 rings (SSSR count). The molecule has 2 aromatic carbocycles. The molecule has 0 spiro atoms. The van der Waals surface area contributed by atoms with Crippen molar-refractivity contribution in [2.75, 3.05) is 19.2 Å². The molecule has 2 amide bonds. The quantitative estimate of drug-likeness (QED) is 0.738. The number of benzene rings is 2. The van der Waals surface area contributed by atoms with Crippen LogP contribution in [0.4, 0.5) is 5.69 Å². The summed E-state index contributed by atoms with van der Waals surface area (Å²) >= 11 is 0. The van der Waals surface area contributed by atoms with Crippen LogP contribution in [0, 0.1) is 0 Å². The summed E-state index contributed by atoms with van der Waals surface area (Å²) in [7, 11) is 1.59. The predicted molar refractivity (Wildman–Crippen MR) is 115 cm³/mol. The molecule has 3 aliphatic rings. The monoisotopic (exact) mass is 420 g/mol. The van der Waals surface area contributed by atoms with Gasteiger partial charge in [-0.2, -0.15) is 0 Å². The minimum atomic E-state index is -0.277. The van der Waals surface area contributed by atoms with E-state index < -0.39 is 0 Å². The Hall–Kier alpha value is -3.48. The number of carbonyl (C=O) groups excluding carboxylic acids is 2. The molecule has 0 atom stereocenters. The SMILES string of the molecule is COc1ccc(C2=C(Nc3ccc4c(c3)OCO4)C(=O)N(C3CCCCC3)C2=O)cc1. The highest BCUT2D eigenvalue weighted by Crippen LogP contribution is 2.38. The lowest BCUT2D eigenvalue weighted by molar-refractivity contribution is -0.140. The first-order valence-corrected chi connectivity index (χ1v) is 10.6. The zero-order valence-corrected chi connectivity index (χ0v) is 17.3. The molecule has 1 fully saturated rings. The number of hydrogen-bond acceptors (Lipinski definition) is 6. The normalized spacial score (nSPS) is 18.7. The van der Waals surface area contributed by atoms with Crippen LogP contribution in [0.2, 0.25) is 0 Å². The van der Waals surface area contributed by atoms with Crippen LogP contribution in [0.3, 0.4) is 0 Å². The van der Waals surface area contributed by atoms with Crippen LogP contribution in [-0.4, -0.2) is 36.7 Å². The largest absolute Gasteiger partial charge is 0.497 e. The summed E-state index contributed by atoms with van der Waals surface area (Å²) in [6.07, 6.45) is 4.91. The van der Waals surface area contributed by atoms with E-state index in [9.17, 15) is 9.59 Å². The van der Waals surface area contributed by atoms with Gasteiger partial charge < -0.3 is 19.5 Å². The van der Waals surface area contributed by atoms with E-state index in [4.69, 9.17) is 14.2 Å². The van der Waals surface area contributed by atoms with Crippen molar-refractivity contribution in [1.82, 2.24) is 4.90 Å². The standard InChI is InChI=1S/C24H24N2O5/c1-29-18-10-7-15(8-11-18)21-22(25-16-9-12-19-20(13-16)31-14-30-19)24(28)26(23(21)27)17-5-3-2-4-6-17/h7-13,17,25H,2-6,14H2,1H3. The molecule has 7 heteroatoms. The minimum Gasteiger partial charge on any atom is -0.497 e. The summed E-state index contributed by atoms with van der Waals surface area (Å²) in [5.41, 5.74) is 2.02. The summed E-state index contributed by atoms with van der Waals surface area (Å²) in [5.74, 6) is 1.44. The maximum Gasteiger partial charge on any atom is 0.278 e. The number of methoxy groups -OCH3 is 1. The molecular weight excluding hydrogens is 396 g/mol. The molecule has 0 unspecified atom stereocenters. The van der Waals surface area contributed by atoms with Gasteiger partial charge in [0.15, 0.2) is 11.5 Å². The van der Waals surface area contributed by atoms with Gasteiger partial charge in [-0.1, -0.05) is 31.4 Å². The fourth-order valence-electron chi connectivity index (χ4n) is 4.48. The highest BCUT2D eigenvalue weighted by molar-refractivity contribution is 6.36. The molecule has 0 saturated heterocycles. The average molecular weight is 420 g/mol. The molecule has 0 radical (unpaired) electrons. The molecule has 31 heavy (non-hydrogen) atoms. The molecule has 1 aliphatic carbocycles. The van der Waals surface area contributed by atoms with Gasteiger partial charge in [-0.3, -0.25) is 14.5 Å². The van der Waals surface area contributed by atoms with E-state index >= 15 is 0 Å². The third-order valence-electron chi connectivity index (χ3n) is 6.08. The molecule has 2 aromatic rings. The lowest BCUT2D eigenvalue weighted by atomic mass is 9.94. The zero-order chi connectivity index (χ0) is 21.4. The maximum atomic E-state index is 13.5. The Morgan fingerprint density at radius 3 is 2.42 bits per heavy atom. The number of nitrogens with one attached hydrogen (secondary N) is 1. The van der Waals surface area contributed by atoms with Crippen molar-refractivity contribution in [2.24, 2.45) is 0 Å². The second-order valence-corrected chi connectivity index (χ2v) is 7.94. The molecular formula is C24H24N2O5. The van der Waals surface area contributed by atoms with Gasteiger partial charge in [-0.05, 0) is 42.7 Å². The van der Waals surface area contributed by atoms with Crippen LogP contribution in [0.1, 0.15) is 37.7 Å². The second-order valence-electron chi connectivity index (χ2n) is 7.94. The highest BCUT2D eigenvalue weighted by atomic mass is 16.7. The summed E-state index contributed by atoms with van der Waals surface area (Å²) in [6, 6.07) is 12.5. The Morgan fingerprint density at radius 1 is 0.935 bits per heavy atom. The summed E-state index contributed by atoms with van der Waals surface area (Å²) in [6.45, 7) is 0.172. The van der Waals surface area contributed by atoms with E-state index in [0.717, 1.165) is 32.1 Å². The van der Waals surface area contributed by atoms with Crippen LogP contribution in [0.5, 0.6) is 17.2 Å². The third kappa shape index (κ3) is 3.50. The number of nitrogens with zero attached hydrogens (tertiary/aromatic N) is 1. The maximum absolute atomic E-state index is 13.5. The molecule has 0 aromatic heterocycles. The number of rotatable bonds is 5. The van der Waals surface area contributed by atoms with Gasteiger partial charge >= 0.3 is 0 Å². The van der Waals surface area contributed by atoms with E-state index in [2.05, 4.69) is 5.32 Å². The average Bonchev–Trinajstić information content (AvgIpc) is 3.36. The minimum absolute atomic E-state index is 0.0574. The number of carbonyl (C=O) groups is 2. The number of fused-ring (bicyclic) bond motifs is 1. The first-order chi connectivity index (χ1) is 15.2. The van der Waals surface area contributed by atoms with Crippen LogP contribution < -0.4 is 19.5 Å². The van der Waals surface area contributed by atoms with Crippen molar-refractivity contribution < 1.29 is 23.8 Å². The van der Waals surface area contributed by atoms with E-state index in [1.165, 1.54) is 4.90 Å². The Labute approximate surface area is 180 Å².